The van der Waals surface area contributed by atoms with Crippen LogP contribution in [0.2, 0.25) is 0 Å². The normalized spacial score (nSPS) is 15.4. The number of carbonyl (C=O) groups excluding carboxylic acids is 1. The summed E-state index contributed by atoms with van der Waals surface area (Å²) in [5.41, 5.74) is 1.59. The molecule has 16 heavy (non-hydrogen) atoms. The van der Waals surface area contributed by atoms with Gasteiger partial charge in [-0.15, -0.1) is 0 Å². The Morgan fingerprint density at radius 2 is 2.38 bits per heavy atom. The molecule has 3 nitrogen and oxygen atoms in total. The van der Waals surface area contributed by atoms with Crippen molar-refractivity contribution in [3.8, 4) is 5.75 Å². The maximum atomic E-state index is 12.0. The highest BCUT2D eigenvalue weighted by Gasteiger charge is 2.24. The lowest BCUT2D eigenvalue weighted by atomic mass is 9.99. The van der Waals surface area contributed by atoms with Crippen LogP contribution in [-0.2, 0) is 6.42 Å². The fourth-order valence-corrected chi connectivity index (χ4v) is 1.99. The van der Waals surface area contributed by atoms with Crippen LogP contribution < -0.4 is 4.74 Å². The molecule has 0 aromatic heterocycles. The minimum absolute atomic E-state index is 0.222. The number of aliphatic hydroxyl groups is 1. The first kappa shape index (κ1) is 11.1. The Morgan fingerprint density at radius 1 is 1.56 bits per heavy atom. The maximum absolute atomic E-state index is 12.0. The van der Waals surface area contributed by atoms with Crippen LogP contribution in [0.4, 0.5) is 0 Å². The van der Waals surface area contributed by atoms with Gasteiger partial charge in [-0.25, -0.2) is 0 Å². The fraction of sp³-hybridized carbons (Fsp3) is 0.462. The third-order valence-corrected chi connectivity index (χ3v) is 2.84. The van der Waals surface area contributed by atoms with E-state index in [4.69, 9.17) is 4.74 Å². The minimum atomic E-state index is -0.902. The molecule has 0 radical (unpaired) electrons. The zero-order valence-electron chi connectivity index (χ0n) is 9.40. The van der Waals surface area contributed by atoms with Crippen molar-refractivity contribution in [1.29, 1.82) is 0 Å². The number of hydrogen-bond acceptors (Lipinski definition) is 3. The minimum Gasteiger partial charge on any atom is -0.492 e. The maximum Gasteiger partial charge on any atom is 0.194 e. The van der Waals surface area contributed by atoms with Crippen molar-refractivity contribution in [2.75, 3.05) is 6.61 Å². The molecular formula is C13H16O3. The summed E-state index contributed by atoms with van der Waals surface area (Å²) < 4.78 is 5.45. The van der Waals surface area contributed by atoms with Crippen LogP contribution in [0.15, 0.2) is 18.2 Å². The zero-order chi connectivity index (χ0) is 11.5. The highest BCUT2D eigenvalue weighted by atomic mass is 16.5. The van der Waals surface area contributed by atoms with Crippen molar-refractivity contribution in [2.45, 2.75) is 32.3 Å². The lowest BCUT2D eigenvalue weighted by molar-refractivity contribution is 0.0726. The molecule has 0 spiro atoms. The molecular weight excluding hydrogens is 204 g/mol. The quantitative estimate of drug-likeness (QED) is 0.789. The number of benzene rings is 1. The molecule has 0 saturated heterocycles. The van der Waals surface area contributed by atoms with Gasteiger partial charge >= 0.3 is 0 Å². The number of carbonyl (C=O) groups is 1. The van der Waals surface area contributed by atoms with Crippen molar-refractivity contribution in [2.24, 2.45) is 0 Å². The van der Waals surface area contributed by atoms with Crippen LogP contribution in [0, 0.1) is 0 Å². The molecule has 1 aliphatic heterocycles. The van der Waals surface area contributed by atoms with Gasteiger partial charge in [0.2, 0.25) is 0 Å². The molecule has 3 heteroatoms. The van der Waals surface area contributed by atoms with Crippen LogP contribution in [0.25, 0.3) is 0 Å². The zero-order valence-corrected chi connectivity index (χ0v) is 9.40. The fourth-order valence-electron chi connectivity index (χ4n) is 1.99. The first-order valence-electron chi connectivity index (χ1n) is 5.71. The molecule has 1 unspecified atom stereocenters. The van der Waals surface area contributed by atoms with E-state index < -0.39 is 6.10 Å². The summed E-state index contributed by atoms with van der Waals surface area (Å²) in [6.07, 6.45) is 1.24. The molecule has 0 aliphatic carbocycles. The number of para-hydroxylation sites is 1. The van der Waals surface area contributed by atoms with Gasteiger partial charge in [-0.05, 0) is 18.1 Å². The summed E-state index contributed by atoms with van der Waals surface area (Å²) in [7, 11) is 0. The number of hydrogen-bond donors (Lipinski definition) is 1. The number of ketones is 1. The number of Topliss-reactive ketones (excluding diaryl/α,β-unsaturated/α-hetero) is 1. The van der Waals surface area contributed by atoms with Gasteiger partial charge in [0.1, 0.15) is 11.9 Å². The van der Waals surface area contributed by atoms with Crippen LogP contribution >= 0.6 is 0 Å². The summed E-state index contributed by atoms with van der Waals surface area (Å²) in [4.78, 5) is 12.0. The molecule has 1 heterocycles. The molecule has 1 aromatic carbocycles. The molecule has 1 aromatic rings. The summed E-state index contributed by atoms with van der Waals surface area (Å²) in [6, 6.07) is 5.54. The highest BCUT2D eigenvalue weighted by molar-refractivity contribution is 6.02. The lowest BCUT2D eigenvalue weighted by Gasteiger charge is -2.11. The summed E-state index contributed by atoms with van der Waals surface area (Å²) >= 11 is 0. The van der Waals surface area contributed by atoms with E-state index in [2.05, 4.69) is 0 Å². The third-order valence-electron chi connectivity index (χ3n) is 2.84. The molecule has 0 bridgehead atoms. The Balaban J connectivity index is 2.27. The summed E-state index contributed by atoms with van der Waals surface area (Å²) in [6.45, 7) is 2.58. The summed E-state index contributed by atoms with van der Waals surface area (Å²) in [5.74, 6) is 0.447. The Morgan fingerprint density at radius 3 is 3.12 bits per heavy atom. The molecule has 1 aliphatic rings. The molecule has 0 amide bonds. The van der Waals surface area contributed by atoms with E-state index in [-0.39, 0.29) is 5.78 Å². The van der Waals surface area contributed by atoms with E-state index in [1.54, 1.807) is 6.07 Å². The Kier molecular flexibility index (Phi) is 3.25. The van der Waals surface area contributed by atoms with Gasteiger partial charge in [0.15, 0.2) is 5.78 Å². The van der Waals surface area contributed by atoms with Crippen molar-refractivity contribution in [3.63, 3.8) is 0 Å². The average Bonchev–Trinajstić information content (AvgIpc) is 2.76. The lowest BCUT2D eigenvalue weighted by Crippen LogP contribution is -2.20. The number of fused-ring (bicyclic) bond motifs is 1. The topological polar surface area (TPSA) is 46.5 Å². The number of aliphatic hydroxyl groups excluding tert-OH is 1. The van der Waals surface area contributed by atoms with Crippen LogP contribution in [0.3, 0.4) is 0 Å². The van der Waals surface area contributed by atoms with E-state index in [9.17, 15) is 9.90 Å². The van der Waals surface area contributed by atoms with E-state index in [1.807, 2.05) is 19.1 Å². The molecule has 1 N–H and O–H groups in total. The second-order valence-electron chi connectivity index (χ2n) is 4.06. The molecule has 0 saturated carbocycles. The third kappa shape index (κ3) is 1.95. The second-order valence-corrected chi connectivity index (χ2v) is 4.06. The number of rotatable bonds is 4. The molecule has 1 atom stereocenters. The predicted molar refractivity (Wildman–Crippen MR) is 60.9 cm³/mol. The summed E-state index contributed by atoms with van der Waals surface area (Å²) in [5, 5.41) is 9.70. The largest absolute Gasteiger partial charge is 0.492 e. The van der Waals surface area contributed by atoms with Gasteiger partial charge in [-0.3, -0.25) is 4.79 Å². The predicted octanol–water partition coefficient (Wildman–Crippen LogP) is 1.97. The standard InChI is InChI=1S/C13H16O3/c1-2-4-11(14)12(15)10-6-3-5-9-7-8-16-13(9)10/h3,5-6,11,14H,2,4,7-8H2,1H3. The van der Waals surface area contributed by atoms with E-state index in [0.717, 1.165) is 18.4 Å². The van der Waals surface area contributed by atoms with Crippen LogP contribution in [0.5, 0.6) is 5.75 Å². The Bertz CT molecular complexity index is 398. The molecule has 0 fully saturated rings. The van der Waals surface area contributed by atoms with Gasteiger partial charge in [-0.2, -0.15) is 0 Å². The van der Waals surface area contributed by atoms with Gasteiger partial charge < -0.3 is 9.84 Å². The first-order chi connectivity index (χ1) is 7.74. The van der Waals surface area contributed by atoms with Crippen molar-refractivity contribution in [1.82, 2.24) is 0 Å². The molecule has 86 valence electrons. The van der Waals surface area contributed by atoms with Gasteiger partial charge in [0, 0.05) is 6.42 Å². The van der Waals surface area contributed by atoms with Crippen molar-refractivity contribution >= 4 is 5.78 Å². The first-order valence-corrected chi connectivity index (χ1v) is 5.71. The Hall–Kier alpha value is -1.35. The van der Waals surface area contributed by atoms with Gasteiger partial charge in [-0.1, -0.05) is 25.5 Å². The van der Waals surface area contributed by atoms with E-state index >= 15 is 0 Å². The van der Waals surface area contributed by atoms with Crippen molar-refractivity contribution < 1.29 is 14.6 Å². The van der Waals surface area contributed by atoms with E-state index in [0.29, 0.717) is 24.3 Å². The highest BCUT2D eigenvalue weighted by Crippen LogP contribution is 2.30. The SMILES string of the molecule is CCCC(O)C(=O)c1cccc2c1OCC2. The van der Waals surface area contributed by atoms with Gasteiger partial charge in [0.25, 0.3) is 0 Å². The van der Waals surface area contributed by atoms with Crippen LogP contribution in [0.1, 0.15) is 35.7 Å². The van der Waals surface area contributed by atoms with E-state index in [1.165, 1.54) is 0 Å². The Labute approximate surface area is 95.0 Å². The second kappa shape index (κ2) is 4.66. The van der Waals surface area contributed by atoms with Crippen molar-refractivity contribution in [3.05, 3.63) is 29.3 Å². The number of ether oxygens (including phenoxy) is 1. The molecule has 2 rings (SSSR count). The van der Waals surface area contributed by atoms with Crippen LogP contribution in [-0.4, -0.2) is 23.6 Å². The smallest absolute Gasteiger partial charge is 0.194 e. The van der Waals surface area contributed by atoms with Gasteiger partial charge in [0.05, 0.1) is 12.2 Å². The average molecular weight is 220 g/mol. The monoisotopic (exact) mass is 220 g/mol.